The fourth-order valence-corrected chi connectivity index (χ4v) is 2.60. The highest BCUT2D eigenvalue weighted by molar-refractivity contribution is 9.10. The molecule has 3 nitrogen and oxygen atoms in total. The number of aryl methyl sites for hydroxylation is 2. The number of hydrogen-bond donors (Lipinski definition) is 1. The second-order valence-corrected chi connectivity index (χ2v) is 5.13. The van der Waals surface area contributed by atoms with Gasteiger partial charge in [0.2, 0.25) is 0 Å². The van der Waals surface area contributed by atoms with Crippen LogP contribution in [0.1, 0.15) is 27.3 Å². The normalized spacial score (nSPS) is 10.7. The molecule has 94 valence electrons. The van der Waals surface area contributed by atoms with Crippen LogP contribution < -0.4 is 0 Å². The summed E-state index contributed by atoms with van der Waals surface area (Å²) in [4.78, 5) is 11.1. The quantitative estimate of drug-likeness (QED) is 0.915. The first-order valence-corrected chi connectivity index (χ1v) is 6.40. The average molecular weight is 308 g/mol. The maximum Gasteiger partial charge on any atom is 0.337 e. The van der Waals surface area contributed by atoms with Gasteiger partial charge in [-0.2, -0.15) is 0 Å². The first kappa shape index (κ1) is 12.9. The summed E-state index contributed by atoms with van der Waals surface area (Å²) in [5.41, 5.74) is 4.10. The molecule has 1 aromatic carbocycles. The van der Waals surface area contributed by atoms with Gasteiger partial charge in [0.05, 0.1) is 11.3 Å². The van der Waals surface area contributed by atoms with E-state index in [9.17, 15) is 4.79 Å². The molecule has 1 aromatic heterocycles. The van der Waals surface area contributed by atoms with Gasteiger partial charge in [0.1, 0.15) is 0 Å². The van der Waals surface area contributed by atoms with Crippen LogP contribution in [0.3, 0.4) is 0 Å². The minimum absolute atomic E-state index is 0.348. The van der Waals surface area contributed by atoms with Crippen LogP contribution in [0.15, 0.2) is 28.7 Å². The van der Waals surface area contributed by atoms with Crippen LogP contribution in [0.5, 0.6) is 0 Å². The Morgan fingerprint density at radius 2 is 1.94 bits per heavy atom. The van der Waals surface area contributed by atoms with Crippen molar-refractivity contribution < 1.29 is 9.90 Å². The van der Waals surface area contributed by atoms with Gasteiger partial charge in [0.15, 0.2) is 0 Å². The van der Waals surface area contributed by atoms with E-state index >= 15 is 0 Å². The molecule has 0 unspecified atom stereocenters. The molecule has 0 saturated carbocycles. The van der Waals surface area contributed by atoms with E-state index in [0.29, 0.717) is 5.56 Å². The fraction of sp³-hybridized carbons (Fsp3) is 0.214. The van der Waals surface area contributed by atoms with Crippen molar-refractivity contribution in [2.24, 2.45) is 0 Å². The lowest BCUT2D eigenvalue weighted by molar-refractivity contribution is 0.0696. The summed E-state index contributed by atoms with van der Waals surface area (Å²) in [6.07, 6.45) is 0. The number of carboxylic acids is 1. The van der Waals surface area contributed by atoms with Crippen LogP contribution >= 0.6 is 15.9 Å². The molecule has 0 aliphatic rings. The Morgan fingerprint density at radius 3 is 2.50 bits per heavy atom. The Bertz CT molecular complexity index is 629. The molecule has 0 saturated heterocycles. The number of nitrogens with zero attached hydrogens (tertiary/aromatic N) is 1. The van der Waals surface area contributed by atoms with Crippen LogP contribution in [0, 0.1) is 20.8 Å². The van der Waals surface area contributed by atoms with E-state index in [4.69, 9.17) is 5.11 Å². The van der Waals surface area contributed by atoms with E-state index in [-0.39, 0.29) is 0 Å². The van der Waals surface area contributed by atoms with Crippen molar-refractivity contribution in [3.05, 3.63) is 51.3 Å². The van der Waals surface area contributed by atoms with Crippen molar-refractivity contribution in [2.45, 2.75) is 20.8 Å². The highest BCUT2D eigenvalue weighted by atomic mass is 79.9. The third-order valence-electron chi connectivity index (χ3n) is 3.07. The number of aromatic carboxylic acids is 1. The Hall–Kier alpha value is -1.55. The maximum absolute atomic E-state index is 11.1. The topological polar surface area (TPSA) is 42.2 Å². The number of hydrogen-bond acceptors (Lipinski definition) is 1. The van der Waals surface area contributed by atoms with Gasteiger partial charge in [-0.25, -0.2) is 4.79 Å². The third-order valence-corrected chi connectivity index (χ3v) is 4.11. The zero-order valence-corrected chi connectivity index (χ0v) is 12.1. The molecule has 1 N–H and O–H groups in total. The van der Waals surface area contributed by atoms with Gasteiger partial charge in [-0.15, -0.1) is 0 Å². The SMILES string of the molecule is Cc1cccc(-n2c(C)cc(C(=O)O)c2C)c1Br. The lowest BCUT2D eigenvalue weighted by Crippen LogP contribution is -2.03. The van der Waals surface area contributed by atoms with Crippen molar-refractivity contribution in [3.63, 3.8) is 0 Å². The Labute approximate surface area is 114 Å². The molecule has 1 heterocycles. The molecule has 0 aliphatic heterocycles. The summed E-state index contributed by atoms with van der Waals surface area (Å²) in [5, 5.41) is 9.15. The predicted octanol–water partition coefficient (Wildman–Crippen LogP) is 3.86. The largest absolute Gasteiger partial charge is 0.478 e. The first-order chi connectivity index (χ1) is 8.43. The number of benzene rings is 1. The lowest BCUT2D eigenvalue weighted by atomic mass is 10.2. The molecular formula is C14H14BrNO2. The van der Waals surface area contributed by atoms with Crippen molar-refractivity contribution in [2.75, 3.05) is 0 Å². The summed E-state index contributed by atoms with van der Waals surface area (Å²) in [5.74, 6) is -0.891. The van der Waals surface area contributed by atoms with Crippen molar-refractivity contribution in [1.29, 1.82) is 0 Å². The van der Waals surface area contributed by atoms with Gasteiger partial charge in [-0.05, 0) is 54.4 Å². The molecule has 18 heavy (non-hydrogen) atoms. The van der Waals surface area contributed by atoms with Gasteiger partial charge >= 0.3 is 5.97 Å². The Balaban J connectivity index is 2.72. The fourth-order valence-electron chi connectivity index (χ4n) is 2.15. The second kappa shape index (κ2) is 4.61. The van der Waals surface area contributed by atoms with Crippen LogP contribution in [0.4, 0.5) is 0 Å². The van der Waals surface area contributed by atoms with Gasteiger partial charge in [-0.1, -0.05) is 12.1 Å². The summed E-state index contributed by atoms with van der Waals surface area (Å²) in [7, 11) is 0. The molecule has 0 fully saturated rings. The van der Waals surface area contributed by atoms with Crippen molar-refractivity contribution in [1.82, 2.24) is 4.57 Å². The number of carboxylic acid groups (broad SMARTS) is 1. The summed E-state index contributed by atoms with van der Waals surface area (Å²) >= 11 is 3.56. The van der Waals surface area contributed by atoms with E-state index < -0.39 is 5.97 Å². The zero-order valence-electron chi connectivity index (χ0n) is 10.5. The highest BCUT2D eigenvalue weighted by Crippen LogP contribution is 2.29. The molecule has 0 bridgehead atoms. The molecule has 4 heteroatoms. The molecule has 2 rings (SSSR count). The van der Waals surface area contributed by atoms with Gasteiger partial charge in [0.25, 0.3) is 0 Å². The van der Waals surface area contributed by atoms with E-state index in [1.165, 1.54) is 0 Å². The van der Waals surface area contributed by atoms with Gasteiger partial charge in [0, 0.05) is 15.9 Å². The molecule has 0 spiro atoms. The summed E-state index contributed by atoms with van der Waals surface area (Å²) < 4.78 is 2.95. The second-order valence-electron chi connectivity index (χ2n) is 4.33. The van der Waals surface area contributed by atoms with Crippen LogP contribution in [-0.4, -0.2) is 15.6 Å². The smallest absolute Gasteiger partial charge is 0.337 e. The number of carbonyl (C=O) groups is 1. The molecule has 0 radical (unpaired) electrons. The first-order valence-electron chi connectivity index (χ1n) is 5.61. The lowest BCUT2D eigenvalue weighted by Gasteiger charge is -2.13. The average Bonchev–Trinajstić information content (AvgIpc) is 2.59. The predicted molar refractivity (Wildman–Crippen MR) is 74.6 cm³/mol. The van der Waals surface area contributed by atoms with E-state index in [1.54, 1.807) is 6.07 Å². The van der Waals surface area contributed by atoms with E-state index in [2.05, 4.69) is 15.9 Å². The van der Waals surface area contributed by atoms with Crippen LogP contribution in [-0.2, 0) is 0 Å². The number of halogens is 1. The van der Waals surface area contributed by atoms with E-state index in [1.807, 2.05) is 43.5 Å². The standard InChI is InChI=1S/C14H14BrNO2/c1-8-5-4-6-12(13(8)15)16-9(2)7-11(10(16)3)14(17)18/h4-7H,1-3H3,(H,17,18). The molecule has 0 aliphatic carbocycles. The Morgan fingerprint density at radius 1 is 1.28 bits per heavy atom. The highest BCUT2D eigenvalue weighted by Gasteiger charge is 2.17. The number of rotatable bonds is 2. The minimum Gasteiger partial charge on any atom is -0.478 e. The van der Waals surface area contributed by atoms with Crippen molar-refractivity contribution in [3.8, 4) is 5.69 Å². The van der Waals surface area contributed by atoms with Crippen molar-refractivity contribution >= 4 is 21.9 Å². The zero-order chi connectivity index (χ0) is 13.4. The molecule has 0 atom stereocenters. The monoisotopic (exact) mass is 307 g/mol. The maximum atomic E-state index is 11.1. The molecular weight excluding hydrogens is 294 g/mol. The van der Waals surface area contributed by atoms with Crippen LogP contribution in [0.25, 0.3) is 5.69 Å². The van der Waals surface area contributed by atoms with Crippen LogP contribution in [0.2, 0.25) is 0 Å². The minimum atomic E-state index is -0.891. The molecule has 2 aromatic rings. The summed E-state index contributed by atoms with van der Waals surface area (Å²) in [6.45, 7) is 5.75. The molecule has 0 amide bonds. The third kappa shape index (κ3) is 1.97. The summed E-state index contributed by atoms with van der Waals surface area (Å²) in [6, 6.07) is 7.66. The number of aromatic nitrogens is 1. The van der Waals surface area contributed by atoms with E-state index in [0.717, 1.165) is 27.1 Å². The van der Waals surface area contributed by atoms with Gasteiger partial charge in [-0.3, -0.25) is 0 Å². The Kier molecular flexibility index (Phi) is 3.30. The van der Waals surface area contributed by atoms with Gasteiger partial charge < -0.3 is 9.67 Å².